The van der Waals surface area contributed by atoms with Crippen LogP contribution in [0.25, 0.3) is 22.2 Å². The number of carboxylic acid groups (broad SMARTS) is 1. The minimum absolute atomic E-state index is 0.300. The molecule has 0 aliphatic carbocycles. The van der Waals surface area contributed by atoms with E-state index in [1.165, 1.54) is 11.3 Å². The van der Waals surface area contributed by atoms with E-state index < -0.39 is 5.97 Å². The van der Waals surface area contributed by atoms with E-state index >= 15 is 0 Å². The van der Waals surface area contributed by atoms with E-state index in [9.17, 15) is 9.90 Å². The number of hydrogen-bond acceptors (Lipinski definition) is 3. The molecule has 0 aliphatic rings. The molecule has 1 aromatic carbocycles. The normalized spacial score (nSPS) is 11.1. The molecule has 3 rings (SSSR count). The number of benzene rings is 1. The summed E-state index contributed by atoms with van der Waals surface area (Å²) in [6, 6.07) is 7.92. The second-order valence-corrected chi connectivity index (χ2v) is 5.59. The van der Waals surface area contributed by atoms with Crippen molar-refractivity contribution >= 4 is 28.2 Å². The lowest BCUT2D eigenvalue weighted by Gasteiger charge is -1.96. The minimum atomic E-state index is -0.923. The number of nitrogens with zero attached hydrogens (tertiary/aromatic N) is 2. The van der Waals surface area contributed by atoms with Gasteiger partial charge >= 0.3 is 5.97 Å². The number of thiazole rings is 1. The van der Waals surface area contributed by atoms with Crippen molar-refractivity contribution in [3.05, 3.63) is 40.3 Å². The molecule has 0 amide bonds. The molecule has 0 saturated heterocycles. The van der Waals surface area contributed by atoms with Gasteiger partial charge in [-0.1, -0.05) is 18.2 Å². The molecule has 0 bridgehead atoms. The quantitative estimate of drug-likeness (QED) is 0.778. The Balaban J connectivity index is 2.34. The predicted molar refractivity (Wildman–Crippen MR) is 75.7 cm³/mol. The molecule has 0 fully saturated rings. The molecule has 0 unspecified atom stereocenters. The zero-order valence-electron chi connectivity index (χ0n) is 10.5. The van der Waals surface area contributed by atoms with Crippen molar-refractivity contribution in [3.8, 4) is 11.3 Å². The van der Waals surface area contributed by atoms with Gasteiger partial charge in [-0.2, -0.15) is 0 Å². The molecular formula is C14H12N2O2S. The van der Waals surface area contributed by atoms with Gasteiger partial charge in [-0.3, -0.25) is 0 Å². The summed E-state index contributed by atoms with van der Waals surface area (Å²) in [5, 5.41) is 11.1. The summed E-state index contributed by atoms with van der Waals surface area (Å²) in [4.78, 5) is 16.0. The molecular weight excluding hydrogens is 260 g/mol. The summed E-state index contributed by atoms with van der Waals surface area (Å²) in [6.07, 6.45) is 1.94. The Morgan fingerprint density at radius 2 is 2.11 bits per heavy atom. The Morgan fingerprint density at radius 3 is 2.84 bits per heavy atom. The number of aryl methyl sites for hydroxylation is 2. The van der Waals surface area contributed by atoms with Crippen LogP contribution < -0.4 is 0 Å². The van der Waals surface area contributed by atoms with Crippen LogP contribution in [-0.4, -0.2) is 20.6 Å². The third-order valence-electron chi connectivity index (χ3n) is 3.08. The molecule has 1 N–H and O–H groups in total. The van der Waals surface area contributed by atoms with E-state index in [4.69, 9.17) is 0 Å². The Bertz CT molecular complexity index is 786. The zero-order chi connectivity index (χ0) is 13.6. The Kier molecular flexibility index (Phi) is 2.64. The second kappa shape index (κ2) is 4.20. The van der Waals surface area contributed by atoms with Gasteiger partial charge in [0.2, 0.25) is 0 Å². The number of fused-ring (bicyclic) bond motifs is 1. The third-order valence-corrected chi connectivity index (χ3v) is 4.04. The Morgan fingerprint density at radius 1 is 1.37 bits per heavy atom. The number of aromatic nitrogens is 2. The summed E-state index contributed by atoms with van der Waals surface area (Å²) >= 11 is 1.22. The number of carbonyl (C=O) groups is 1. The smallest absolute Gasteiger partial charge is 0.348 e. The summed E-state index contributed by atoms with van der Waals surface area (Å²) < 4.78 is 1.99. The van der Waals surface area contributed by atoms with Crippen LogP contribution in [0.4, 0.5) is 0 Å². The number of rotatable bonds is 2. The van der Waals surface area contributed by atoms with Crippen molar-refractivity contribution < 1.29 is 9.90 Å². The fourth-order valence-corrected chi connectivity index (χ4v) is 3.06. The van der Waals surface area contributed by atoms with Crippen molar-refractivity contribution in [2.24, 2.45) is 7.05 Å². The molecule has 3 aromatic rings. The summed E-state index contributed by atoms with van der Waals surface area (Å²) in [7, 11) is 1.95. The van der Waals surface area contributed by atoms with Gasteiger partial charge in [0.25, 0.3) is 0 Å². The molecule has 0 atom stereocenters. The van der Waals surface area contributed by atoms with Gasteiger partial charge in [-0.05, 0) is 13.0 Å². The Labute approximate surface area is 113 Å². The van der Waals surface area contributed by atoms with Crippen molar-refractivity contribution in [1.82, 2.24) is 9.55 Å². The molecule has 0 aliphatic heterocycles. The molecule has 0 saturated carbocycles. The fraction of sp³-hybridized carbons (Fsp3) is 0.143. The fourth-order valence-electron chi connectivity index (χ4n) is 2.28. The second-order valence-electron chi connectivity index (χ2n) is 4.39. The maximum Gasteiger partial charge on any atom is 0.348 e. The summed E-state index contributed by atoms with van der Waals surface area (Å²) in [5.41, 5.74) is 2.51. The van der Waals surface area contributed by atoms with Crippen LogP contribution in [0.5, 0.6) is 0 Å². The maximum absolute atomic E-state index is 11.3. The van der Waals surface area contributed by atoms with Crippen LogP contribution in [0.1, 0.15) is 14.7 Å². The van der Waals surface area contributed by atoms with Gasteiger partial charge in [0.15, 0.2) is 0 Å². The zero-order valence-corrected chi connectivity index (χ0v) is 11.4. The van der Waals surface area contributed by atoms with Crippen LogP contribution in [0, 0.1) is 6.92 Å². The molecule has 19 heavy (non-hydrogen) atoms. The van der Waals surface area contributed by atoms with Gasteiger partial charge in [0, 0.05) is 29.7 Å². The lowest BCUT2D eigenvalue weighted by atomic mass is 10.1. The molecule has 0 spiro atoms. The summed E-state index contributed by atoms with van der Waals surface area (Å²) in [5.74, 6) is -0.923. The molecule has 5 heteroatoms. The first-order valence-electron chi connectivity index (χ1n) is 5.83. The van der Waals surface area contributed by atoms with E-state index in [2.05, 4.69) is 4.98 Å². The van der Waals surface area contributed by atoms with E-state index in [0.29, 0.717) is 10.6 Å². The topological polar surface area (TPSA) is 55.1 Å². The van der Waals surface area contributed by atoms with E-state index in [-0.39, 0.29) is 0 Å². The highest BCUT2D eigenvalue weighted by molar-refractivity contribution is 7.14. The maximum atomic E-state index is 11.3. The van der Waals surface area contributed by atoms with Crippen LogP contribution in [0.3, 0.4) is 0 Å². The first-order chi connectivity index (χ1) is 9.08. The lowest BCUT2D eigenvalue weighted by molar-refractivity contribution is 0.0702. The largest absolute Gasteiger partial charge is 0.477 e. The number of hydrogen-bond donors (Lipinski definition) is 1. The lowest BCUT2D eigenvalue weighted by Crippen LogP contribution is -1.95. The van der Waals surface area contributed by atoms with Crippen molar-refractivity contribution in [1.29, 1.82) is 0 Å². The minimum Gasteiger partial charge on any atom is -0.477 e. The number of aromatic carboxylic acids is 1. The van der Waals surface area contributed by atoms with Crippen LogP contribution in [-0.2, 0) is 7.05 Å². The SMILES string of the molecule is Cc1nc(-c2cn(C)c3ccccc23)c(C(=O)O)s1. The monoisotopic (exact) mass is 272 g/mol. The molecule has 96 valence electrons. The summed E-state index contributed by atoms with van der Waals surface area (Å²) in [6.45, 7) is 1.83. The first kappa shape index (κ1) is 11.9. The molecule has 2 heterocycles. The number of para-hydroxylation sites is 1. The first-order valence-corrected chi connectivity index (χ1v) is 6.64. The number of carboxylic acids is 1. The third kappa shape index (κ3) is 1.82. The van der Waals surface area contributed by atoms with Gasteiger partial charge in [-0.15, -0.1) is 11.3 Å². The van der Waals surface area contributed by atoms with Gasteiger partial charge < -0.3 is 9.67 Å². The van der Waals surface area contributed by atoms with Crippen LogP contribution >= 0.6 is 11.3 Å². The highest BCUT2D eigenvalue weighted by Crippen LogP contribution is 2.34. The average molecular weight is 272 g/mol. The molecule has 4 nitrogen and oxygen atoms in total. The molecule has 0 radical (unpaired) electrons. The molecule has 2 aromatic heterocycles. The van der Waals surface area contributed by atoms with E-state index in [1.54, 1.807) is 0 Å². The Hall–Kier alpha value is -2.14. The standard InChI is InChI=1S/C14H12N2O2S/c1-8-15-12(13(19-8)14(17)18)10-7-16(2)11-6-4-3-5-9(10)11/h3-7H,1-2H3,(H,17,18). The van der Waals surface area contributed by atoms with Crippen LogP contribution in [0.15, 0.2) is 30.5 Å². The van der Waals surface area contributed by atoms with E-state index in [1.807, 2.05) is 49.0 Å². The van der Waals surface area contributed by atoms with Crippen molar-refractivity contribution in [2.75, 3.05) is 0 Å². The van der Waals surface area contributed by atoms with Gasteiger partial charge in [-0.25, -0.2) is 9.78 Å². The van der Waals surface area contributed by atoms with Gasteiger partial charge in [0.05, 0.1) is 10.7 Å². The van der Waals surface area contributed by atoms with Crippen molar-refractivity contribution in [3.63, 3.8) is 0 Å². The average Bonchev–Trinajstić information content (AvgIpc) is 2.91. The van der Waals surface area contributed by atoms with Crippen LogP contribution in [0.2, 0.25) is 0 Å². The van der Waals surface area contributed by atoms with Gasteiger partial charge in [0.1, 0.15) is 4.88 Å². The predicted octanol–water partition coefficient (Wildman–Crippen LogP) is 3.31. The van der Waals surface area contributed by atoms with Crippen molar-refractivity contribution in [2.45, 2.75) is 6.92 Å². The highest BCUT2D eigenvalue weighted by atomic mass is 32.1. The van der Waals surface area contributed by atoms with E-state index in [0.717, 1.165) is 21.5 Å². The highest BCUT2D eigenvalue weighted by Gasteiger charge is 2.20.